The quantitative estimate of drug-likeness (QED) is 0.856. The van der Waals surface area contributed by atoms with Crippen molar-refractivity contribution in [2.24, 2.45) is 5.41 Å². The van der Waals surface area contributed by atoms with Gasteiger partial charge in [0, 0.05) is 49.8 Å². The van der Waals surface area contributed by atoms with Crippen molar-refractivity contribution in [1.82, 2.24) is 9.88 Å². The average Bonchev–Trinajstić information content (AvgIpc) is 2.76. The Labute approximate surface area is 106 Å². The summed E-state index contributed by atoms with van der Waals surface area (Å²) in [6.07, 6.45) is 5.62. The Bertz CT molecular complexity index is 429. The van der Waals surface area contributed by atoms with Gasteiger partial charge in [0.15, 0.2) is 0 Å². The Morgan fingerprint density at radius 2 is 2.06 bits per heavy atom. The van der Waals surface area contributed by atoms with Crippen molar-refractivity contribution < 1.29 is 8.78 Å². The van der Waals surface area contributed by atoms with Gasteiger partial charge in [-0.3, -0.25) is 0 Å². The lowest BCUT2D eigenvalue weighted by Crippen LogP contribution is -2.58. The van der Waals surface area contributed by atoms with Crippen LogP contribution in [0.5, 0.6) is 0 Å². The van der Waals surface area contributed by atoms with Crippen LogP contribution in [0.1, 0.15) is 44.2 Å². The first kappa shape index (κ1) is 12.2. The normalized spacial score (nSPS) is 29.2. The lowest BCUT2D eigenvalue weighted by atomic mass is 9.62. The zero-order valence-corrected chi connectivity index (χ0v) is 10.8. The first-order valence-corrected chi connectivity index (χ1v) is 6.82. The lowest BCUT2D eigenvalue weighted by Gasteiger charge is -2.54. The molecule has 2 aliphatic rings. The summed E-state index contributed by atoms with van der Waals surface area (Å²) in [4.78, 5) is 0. The molecule has 2 nitrogen and oxygen atoms in total. The number of hydrogen-bond acceptors (Lipinski definition) is 1. The predicted molar refractivity (Wildman–Crippen MR) is 66.7 cm³/mol. The van der Waals surface area contributed by atoms with Crippen LogP contribution >= 0.6 is 0 Å². The van der Waals surface area contributed by atoms with Crippen molar-refractivity contribution in [2.75, 3.05) is 6.54 Å². The third-order valence-corrected chi connectivity index (χ3v) is 4.72. The third kappa shape index (κ3) is 1.87. The molecule has 2 heterocycles. The highest BCUT2D eigenvalue weighted by Gasteiger charge is 2.52. The topological polar surface area (TPSA) is 17.0 Å². The number of hydrogen-bond donors (Lipinski definition) is 1. The number of aryl methyl sites for hydroxylation is 1. The molecule has 2 fully saturated rings. The van der Waals surface area contributed by atoms with Crippen molar-refractivity contribution in [2.45, 2.75) is 51.1 Å². The summed E-state index contributed by atoms with van der Waals surface area (Å²) in [7, 11) is 0. The second-order valence-electron chi connectivity index (χ2n) is 5.81. The largest absolute Gasteiger partial charge is 0.354 e. The van der Waals surface area contributed by atoms with Gasteiger partial charge in [-0.1, -0.05) is 0 Å². The number of alkyl halides is 2. The van der Waals surface area contributed by atoms with Gasteiger partial charge in [0.1, 0.15) is 0 Å². The maximum atomic E-state index is 13.3. The Hall–Kier alpha value is -0.900. The van der Waals surface area contributed by atoms with Gasteiger partial charge in [-0.25, -0.2) is 8.78 Å². The minimum absolute atomic E-state index is 0.0552. The summed E-state index contributed by atoms with van der Waals surface area (Å²) >= 11 is 0. The minimum atomic E-state index is -2.43. The van der Waals surface area contributed by atoms with E-state index in [1.165, 1.54) is 5.56 Å². The first-order chi connectivity index (χ1) is 8.55. The van der Waals surface area contributed by atoms with Crippen molar-refractivity contribution in [1.29, 1.82) is 0 Å². The van der Waals surface area contributed by atoms with E-state index in [1.54, 1.807) is 0 Å². The molecule has 1 N–H and O–H groups in total. The van der Waals surface area contributed by atoms with Crippen molar-refractivity contribution >= 4 is 0 Å². The molecule has 1 aromatic heterocycles. The summed E-state index contributed by atoms with van der Waals surface area (Å²) in [5, 5.41) is 3.43. The monoisotopic (exact) mass is 254 g/mol. The second-order valence-corrected chi connectivity index (χ2v) is 5.81. The van der Waals surface area contributed by atoms with Crippen LogP contribution in [0.3, 0.4) is 0 Å². The Morgan fingerprint density at radius 1 is 1.33 bits per heavy atom. The molecule has 0 aromatic carbocycles. The fourth-order valence-corrected chi connectivity index (χ4v) is 3.37. The maximum absolute atomic E-state index is 13.3. The molecular weight excluding hydrogens is 234 g/mol. The molecule has 18 heavy (non-hydrogen) atoms. The Balaban J connectivity index is 1.75. The molecule has 4 heteroatoms. The van der Waals surface area contributed by atoms with Gasteiger partial charge in [-0.05, 0) is 31.4 Å². The highest BCUT2D eigenvalue weighted by atomic mass is 19.3. The van der Waals surface area contributed by atoms with Gasteiger partial charge in [0.25, 0.3) is 0 Å². The van der Waals surface area contributed by atoms with E-state index >= 15 is 0 Å². The highest BCUT2D eigenvalue weighted by Crippen LogP contribution is 2.54. The molecule has 1 saturated heterocycles. The number of nitrogens with zero attached hydrogens (tertiary/aromatic N) is 1. The molecule has 0 unspecified atom stereocenters. The second kappa shape index (κ2) is 4.05. The minimum Gasteiger partial charge on any atom is -0.354 e. The van der Waals surface area contributed by atoms with Crippen molar-refractivity contribution in [3.05, 3.63) is 24.0 Å². The molecule has 3 rings (SSSR count). The van der Waals surface area contributed by atoms with E-state index < -0.39 is 5.92 Å². The predicted octanol–water partition coefficient (Wildman–Crippen LogP) is 3.35. The van der Waals surface area contributed by atoms with Gasteiger partial charge in [0.05, 0.1) is 0 Å². The van der Waals surface area contributed by atoms with E-state index in [2.05, 4.69) is 35.3 Å². The zero-order chi connectivity index (χ0) is 12.8. The number of halogens is 2. The number of nitrogens with one attached hydrogen (secondary N) is 1. The highest BCUT2D eigenvalue weighted by molar-refractivity contribution is 5.24. The van der Waals surface area contributed by atoms with Crippen LogP contribution < -0.4 is 5.32 Å². The van der Waals surface area contributed by atoms with Gasteiger partial charge in [-0.2, -0.15) is 0 Å². The molecule has 1 atom stereocenters. The van der Waals surface area contributed by atoms with Crippen LogP contribution in [0.15, 0.2) is 18.5 Å². The molecule has 100 valence electrons. The molecule has 1 aromatic rings. The van der Waals surface area contributed by atoms with Gasteiger partial charge >= 0.3 is 0 Å². The smallest absolute Gasteiger partial charge is 0.248 e. The fraction of sp³-hybridized carbons (Fsp3) is 0.714. The van der Waals surface area contributed by atoms with E-state index in [4.69, 9.17) is 0 Å². The molecule has 0 amide bonds. The summed E-state index contributed by atoms with van der Waals surface area (Å²) in [5.74, 6) is -2.43. The van der Waals surface area contributed by atoms with Crippen LogP contribution in [0.4, 0.5) is 8.78 Å². The fourth-order valence-electron chi connectivity index (χ4n) is 3.37. The van der Waals surface area contributed by atoms with Gasteiger partial charge in [-0.15, -0.1) is 0 Å². The van der Waals surface area contributed by atoms with E-state index in [0.717, 1.165) is 13.1 Å². The summed E-state index contributed by atoms with van der Waals surface area (Å²) in [6, 6.07) is 2.40. The zero-order valence-electron chi connectivity index (χ0n) is 10.8. The van der Waals surface area contributed by atoms with Crippen molar-refractivity contribution in [3.63, 3.8) is 0 Å². The van der Waals surface area contributed by atoms with E-state index in [9.17, 15) is 8.78 Å². The van der Waals surface area contributed by atoms with Crippen LogP contribution in [0.25, 0.3) is 0 Å². The number of rotatable bonds is 2. The van der Waals surface area contributed by atoms with Crippen LogP contribution in [-0.2, 0) is 6.54 Å². The lowest BCUT2D eigenvalue weighted by molar-refractivity contribution is -0.0955. The van der Waals surface area contributed by atoms with E-state index in [-0.39, 0.29) is 24.3 Å². The molecule has 1 aliphatic heterocycles. The summed E-state index contributed by atoms with van der Waals surface area (Å²) in [5.41, 5.74) is 1.34. The summed E-state index contributed by atoms with van der Waals surface area (Å²) < 4.78 is 28.7. The Kier molecular flexibility index (Phi) is 2.73. The van der Waals surface area contributed by atoms with Crippen molar-refractivity contribution in [3.8, 4) is 0 Å². The molecule has 0 radical (unpaired) electrons. The molecule has 0 bridgehead atoms. The molecule has 1 spiro atoms. The molecule has 1 aliphatic carbocycles. The van der Waals surface area contributed by atoms with Crippen LogP contribution in [0, 0.1) is 5.41 Å². The van der Waals surface area contributed by atoms with Gasteiger partial charge < -0.3 is 9.88 Å². The van der Waals surface area contributed by atoms with E-state index in [1.807, 2.05) is 0 Å². The van der Waals surface area contributed by atoms with E-state index in [0.29, 0.717) is 12.8 Å². The number of aromatic nitrogens is 1. The maximum Gasteiger partial charge on any atom is 0.248 e. The molecular formula is C14H20F2N2. The van der Waals surface area contributed by atoms with Gasteiger partial charge in [0.2, 0.25) is 5.92 Å². The molecule has 1 saturated carbocycles. The average molecular weight is 254 g/mol. The third-order valence-electron chi connectivity index (χ3n) is 4.72. The summed E-state index contributed by atoms with van der Waals surface area (Å²) in [6.45, 7) is 3.96. The van der Waals surface area contributed by atoms with Crippen LogP contribution in [-0.4, -0.2) is 17.0 Å². The first-order valence-electron chi connectivity index (χ1n) is 6.82. The SMILES string of the molecule is CCn1ccc([C@@H]2NCC23CCC(F)(F)CC3)c1. The van der Waals surface area contributed by atoms with Crippen LogP contribution in [0.2, 0.25) is 0 Å². The standard InChI is InChI=1S/C14H20F2N2/c1-2-18-8-3-11(9-18)12-13(10-17-12)4-6-14(15,16)7-5-13/h3,8-9,12,17H,2,4-7,10H2,1H3/t12-/m0/s1. The Morgan fingerprint density at radius 3 is 2.56 bits per heavy atom.